The van der Waals surface area contributed by atoms with Gasteiger partial charge in [-0.15, -0.1) is 0 Å². The van der Waals surface area contributed by atoms with Crippen molar-refractivity contribution in [1.29, 1.82) is 0 Å². The Labute approximate surface area is 86.8 Å². The molecule has 0 aromatic heterocycles. The normalized spacial score (nSPS) is 11.9. The molecule has 1 heteroatoms. The average Bonchev–Trinajstić information content (AvgIpc) is 2.11. The highest BCUT2D eigenvalue weighted by Gasteiger charge is 2.22. The molecule has 1 aromatic carbocycles. The maximum absolute atomic E-state index is 9.35. The Morgan fingerprint density at radius 2 is 1.71 bits per heavy atom. The Bertz CT molecular complexity index is 337. The first-order valence-corrected chi connectivity index (χ1v) is 5.07. The highest BCUT2D eigenvalue weighted by atomic mass is 16.3. The van der Waals surface area contributed by atoms with Crippen LogP contribution < -0.4 is 0 Å². The zero-order valence-corrected chi connectivity index (χ0v) is 9.81. The van der Waals surface area contributed by atoms with Crippen LogP contribution in [-0.2, 0) is 5.41 Å². The van der Waals surface area contributed by atoms with Crippen molar-refractivity contribution in [3.63, 3.8) is 0 Å². The molecule has 0 spiro atoms. The van der Waals surface area contributed by atoms with Crippen molar-refractivity contribution in [1.82, 2.24) is 0 Å². The van der Waals surface area contributed by atoms with Crippen LogP contribution in [0.4, 0.5) is 0 Å². The molecule has 1 aromatic rings. The van der Waals surface area contributed by atoms with Crippen molar-refractivity contribution in [2.24, 2.45) is 0 Å². The minimum Gasteiger partial charge on any atom is -0.395 e. The molecule has 1 N–H and O–H groups in total. The molecule has 0 saturated carbocycles. The minimum atomic E-state index is -0.138. The SMILES string of the molecule is Cc1cc(C)c(C)c(C(C)(C)CO)c1. The quantitative estimate of drug-likeness (QED) is 0.764. The van der Waals surface area contributed by atoms with E-state index in [4.69, 9.17) is 0 Å². The summed E-state index contributed by atoms with van der Waals surface area (Å²) in [4.78, 5) is 0. The number of rotatable bonds is 2. The number of aliphatic hydroxyl groups is 1. The summed E-state index contributed by atoms with van der Waals surface area (Å²) in [5.74, 6) is 0. The Hall–Kier alpha value is -0.820. The highest BCUT2D eigenvalue weighted by Crippen LogP contribution is 2.28. The molecule has 0 bridgehead atoms. The van der Waals surface area contributed by atoms with Crippen molar-refractivity contribution < 1.29 is 5.11 Å². The van der Waals surface area contributed by atoms with E-state index in [-0.39, 0.29) is 12.0 Å². The van der Waals surface area contributed by atoms with Crippen molar-refractivity contribution in [3.05, 3.63) is 34.4 Å². The zero-order valence-electron chi connectivity index (χ0n) is 9.81. The predicted octanol–water partition coefficient (Wildman–Crippen LogP) is 2.88. The number of benzene rings is 1. The smallest absolute Gasteiger partial charge is 0.0522 e. The van der Waals surface area contributed by atoms with Gasteiger partial charge >= 0.3 is 0 Å². The molecule has 0 saturated heterocycles. The number of hydrogen-bond donors (Lipinski definition) is 1. The molecular formula is C13H20O. The summed E-state index contributed by atoms with van der Waals surface area (Å²) >= 11 is 0. The van der Waals surface area contributed by atoms with Gasteiger partial charge in [-0.1, -0.05) is 31.5 Å². The molecule has 0 atom stereocenters. The van der Waals surface area contributed by atoms with Crippen molar-refractivity contribution in [3.8, 4) is 0 Å². The summed E-state index contributed by atoms with van der Waals surface area (Å²) in [5.41, 5.74) is 5.00. The lowest BCUT2D eigenvalue weighted by Crippen LogP contribution is -2.23. The van der Waals surface area contributed by atoms with Gasteiger partial charge in [-0.25, -0.2) is 0 Å². The Morgan fingerprint density at radius 1 is 1.14 bits per heavy atom. The van der Waals surface area contributed by atoms with E-state index >= 15 is 0 Å². The van der Waals surface area contributed by atoms with Crippen LogP contribution >= 0.6 is 0 Å². The van der Waals surface area contributed by atoms with Crippen LogP contribution in [0.15, 0.2) is 12.1 Å². The van der Waals surface area contributed by atoms with Gasteiger partial charge in [-0.05, 0) is 37.5 Å². The van der Waals surface area contributed by atoms with Gasteiger partial charge in [0.15, 0.2) is 0 Å². The predicted molar refractivity (Wildman–Crippen MR) is 60.8 cm³/mol. The second kappa shape index (κ2) is 3.74. The largest absolute Gasteiger partial charge is 0.395 e. The van der Waals surface area contributed by atoms with Crippen LogP contribution in [0, 0.1) is 20.8 Å². The lowest BCUT2D eigenvalue weighted by Gasteiger charge is -2.26. The molecular weight excluding hydrogens is 172 g/mol. The minimum absolute atomic E-state index is 0.138. The van der Waals surface area contributed by atoms with Gasteiger partial charge < -0.3 is 5.11 Å². The van der Waals surface area contributed by atoms with Gasteiger partial charge in [0.2, 0.25) is 0 Å². The molecule has 0 unspecified atom stereocenters. The Morgan fingerprint density at radius 3 is 2.21 bits per heavy atom. The lowest BCUT2D eigenvalue weighted by molar-refractivity contribution is 0.218. The van der Waals surface area contributed by atoms with E-state index in [1.54, 1.807) is 0 Å². The van der Waals surface area contributed by atoms with Gasteiger partial charge in [-0.3, -0.25) is 0 Å². The number of aryl methyl sites for hydroxylation is 2. The molecule has 0 radical (unpaired) electrons. The van der Waals surface area contributed by atoms with Crippen LogP contribution in [0.25, 0.3) is 0 Å². The molecule has 14 heavy (non-hydrogen) atoms. The fourth-order valence-electron chi connectivity index (χ4n) is 1.83. The fourth-order valence-corrected chi connectivity index (χ4v) is 1.83. The van der Waals surface area contributed by atoms with E-state index in [1.165, 1.54) is 22.3 Å². The molecule has 1 rings (SSSR count). The molecule has 0 fully saturated rings. The van der Waals surface area contributed by atoms with Crippen LogP contribution in [0.3, 0.4) is 0 Å². The second-order valence-corrected chi connectivity index (χ2v) is 4.80. The molecule has 78 valence electrons. The number of aliphatic hydroxyl groups excluding tert-OH is 1. The summed E-state index contributed by atoms with van der Waals surface area (Å²) in [6, 6.07) is 4.37. The van der Waals surface area contributed by atoms with Gasteiger partial charge in [0, 0.05) is 5.41 Å². The standard InChI is InChI=1S/C13H20O/c1-9-6-10(2)11(3)12(7-9)13(4,5)8-14/h6-7,14H,8H2,1-5H3. The number of hydrogen-bond acceptors (Lipinski definition) is 1. The molecule has 0 aliphatic rings. The third kappa shape index (κ3) is 1.98. The van der Waals surface area contributed by atoms with Crippen molar-refractivity contribution in [2.75, 3.05) is 6.61 Å². The van der Waals surface area contributed by atoms with E-state index in [1.807, 2.05) is 0 Å². The molecule has 0 heterocycles. The van der Waals surface area contributed by atoms with E-state index in [2.05, 4.69) is 46.8 Å². The van der Waals surface area contributed by atoms with Crippen LogP contribution in [0.5, 0.6) is 0 Å². The van der Waals surface area contributed by atoms with E-state index < -0.39 is 0 Å². The van der Waals surface area contributed by atoms with Gasteiger partial charge in [-0.2, -0.15) is 0 Å². The third-order valence-electron chi connectivity index (χ3n) is 2.94. The molecule has 0 aliphatic heterocycles. The average molecular weight is 192 g/mol. The van der Waals surface area contributed by atoms with Crippen molar-refractivity contribution >= 4 is 0 Å². The monoisotopic (exact) mass is 192 g/mol. The topological polar surface area (TPSA) is 20.2 Å². The maximum Gasteiger partial charge on any atom is 0.0522 e. The Kier molecular flexibility index (Phi) is 3.01. The lowest BCUT2D eigenvalue weighted by atomic mass is 9.81. The Balaban J connectivity index is 3.34. The second-order valence-electron chi connectivity index (χ2n) is 4.80. The first kappa shape index (κ1) is 11.3. The third-order valence-corrected chi connectivity index (χ3v) is 2.94. The summed E-state index contributed by atoms with van der Waals surface area (Å²) in [6.45, 7) is 10.7. The van der Waals surface area contributed by atoms with E-state index in [0.29, 0.717) is 0 Å². The van der Waals surface area contributed by atoms with Crippen molar-refractivity contribution in [2.45, 2.75) is 40.0 Å². The molecule has 1 nitrogen and oxygen atoms in total. The molecule has 0 aliphatic carbocycles. The van der Waals surface area contributed by atoms with Crippen LogP contribution in [0.1, 0.15) is 36.1 Å². The van der Waals surface area contributed by atoms with E-state index in [0.717, 1.165) is 0 Å². The highest BCUT2D eigenvalue weighted by molar-refractivity contribution is 5.41. The maximum atomic E-state index is 9.35. The fraction of sp³-hybridized carbons (Fsp3) is 0.538. The van der Waals surface area contributed by atoms with Gasteiger partial charge in [0.1, 0.15) is 0 Å². The molecule has 0 amide bonds. The summed E-state index contributed by atoms with van der Waals surface area (Å²) < 4.78 is 0. The van der Waals surface area contributed by atoms with E-state index in [9.17, 15) is 5.11 Å². The van der Waals surface area contributed by atoms with Gasteiger partial charge in [0.05, 0.1) is 6.61 Å². The van der Waals surface area contributed by atoms with Crippen LogP contribution in [-0.4, -0.2) is 11.7 Å². The first-order chi connectivity index (χ1) is 6.38. The summed E-state index contributed by atoms with van der Waals surface area (Å²) in [5, 5.41) is 9.35. The first-order valence-electron chi connectivity index (χ1n) is 5.07. The van der Waals surface area contributed by atoms with Crippen LogP contribution in [0.2, 0.25) is 0 Å². The van der Waals surface area contributed by atoms with Gasteiger partial charge in [0.25, 0.3) is 0 Å². The summed E-state index contributed by atoms with van der Waals surface area (Å²) in [7, 11) is 0. The summed E-state index contributed by atoms with van der Waals surface area (Å²) in [6.07, 6.45) is 0. The zero-order chi connectivity index (χ0) is 10.9.